The van der Waals surface area contributed by atoms with Crippen molar-refractivity contribution in [3.63, 3.8) is 0 Å². The van der Waals surface area contributed by atoms with E-state index in [0.29, 0.717) is 4.34 Å². The molecular formula is C13H16ClN5O3S2. The Morgan fingerprint density at radius 1 is 1.29 bits per heavy atom. The second-order valence-electron chi connectivity index (χ2n) is 4.97. The monoisotopic (exact) mass is 389 g/mol. The van der Waals surface area contributed by atoms with Crippen LogP contribution in [0.3, 0.4) is 0 Å². The molecule has 2 N–H and O–H groups in total. The van der Waals surface area contributed by atoms with E-state index >= 15 is 0 Å². The molecule has 0 bridgehead atoms. The zero-order valence-electron chi connectivity index (χ0n) is 13.2. The second kappa shape index (κ2) is 7.43. The number of carbonyl (C=O) groups excluding carboxylic acids is 1. The predicted molar refractivity (Wildman–Crippen MR) is 92.4 cm³/mol. The fourth-order valence-electron chi connectivity index (χ4n) is 1.82. The van der Waals surface area contributed by atoms with E-state index in [1.807, 2.05) is 0 Å². The van der Waals surface area contributed by atoms with E-state index in [1.165, 1.54) is 19.2 Å². The summed E-state index contributed by atoms with van der Waals surface area (Å²) in [6, 6.07) is 4.68. The Morgan fingerprint density at radius 3 is 2.46 bits per heavy atom. The lowest BCUT2D eigenvalue weighted by Crippen LogP contribution is -2.40. The largest absolute Gasteiger partial charge is 0.272 e. The summed E-state index contributed by atoms with van der Waals surface area (Å²) in [6.07, 6.45) is 0. The van der Waals surface area contributed by atoms with Gasteiger partial charge in [-0.3, -0.25) is 15.6 Å². The number of aromatic nitrogens is 2. The van der Waals surface area contributed by atoms with Crippen molar-refractivity contribution < 1.29 is 13.2 Å². The highest BCUT2D eigenvalue weighted by molar-refractivity contribution is 7.91. The van der Waals surface area contributed by atoms with E-state index in [-0.39, 0.29) is 16.7 Å². The van der Waals surface area contributed by atoms with Crippen molar-refractivity contribution in [2.45, 2.75) is 18.1 Å². The van der Waals surface area contributed by atoms with Gasteiger partial charge in [0.2, 0.25) is 5.95 Å². The zero-order valence-corrected chi connectivity index (χ0v) is 15.6. The van der Waals surface area contributed by atoms with Crippen LogP contribution in [-0.4, -0.2) is 42.2 Å². The standard InChI is InChI=1S/C13H16ClN5O3S2/c1-8-6-9(2)16-13(15-8)18-17-11(20)7-19(3)24(21,22)12-5-4-10(14)23-12/h4-6H,7H2,1-3H3,(H,17,20)(H,15,16,18). The molecule has 1 amide bonds. The van der Waals surface area contributed by atoms with Gasteiger partial charge in [-0.1, -0.05) is 11.6 Å². The molecule has 0 radical (unpaired) electrons. The molecule has 0 aliphatic rings. The maximum Gasteiger partial charge on any atom is 0.253 e. The van der Waals surface area contributed by atoms with Gasteiger partial charge < -0.3 is 0 Å². The molecule has 2 aromatic heterocycles. The number of rotatable bonds is 6. The smallest absolute Gasteiger partial charge is 0.253 e. The van der Waals surface area contributed by atoms with Crippen molar-refractivity contribution in [1.29, 1.82) is 0 Å². The lowest BCUT2D eigenvalue weighted by Gasteiger charge is -2.16. The molecular weight excluding hydrogens is 374 g/mol. The van der Waals surface area contributed by atoms with Crippen LogP contribution in [0.5, 0.6) is 0 Å². The number of sulfonamides is 1. The molecule has 8 nitrogen and oxygen atoms in total. The van der Waals surface area contributed by atoms with Crippen molar-refractivity contribution >= 4 is 44.8 Å². The zero-order chi connectivity index (χ0) is 17.9. The Hall–Kier alpha value is -1.75. The maximum atomic E-state index is 12.3. The normalized spacial score (nSPS) is 11.5. The summed E-state index contributed by atoms with van der Waals surface area (Å²) in [5, 5.41) is 0. The molecule has 11 heteroatoms. The van der Waals surface area contributed by atoms with Crippen molar-refractivity contribution in [3.8, 4) is 0 Å². The first-order valence-corrected chi connectivity index (χ1v) is 9.41. The number of amides is 1. The van der Waals surface area contributed by atoms with Gasteiger partial charge in [0.05, 0.1) is 10.9 Å². The Labute approximate surface area is 148 Å². The number of halogens is 1. The number of aryl methyl sites for hydroxylation is 2. The summed E-state index contributed by atoms with van der Waals surface area (Å²) in [5.74, 6) is -0.317. The number of hydrazine groups is 1. The minimum Gasteiger partial charge on any atom is -0.272 e. The van der Waals surface area contributed by atoms with Gasteiger partial charge in [-0.25, -0.2) is 18.4 Å². The highest BCUT2D eigenvalue weighted by Crippen LogP contribution is 2.27. The molecule has 0 atom stereocenters. The third-order valence-electron chi connectivity index (χ3n) is 2.88. The van der Waals surface area contributed by atoms with Crippen LogP contribution in [0.15, 0.2) is 22.4 Å². The molecule has 0 saturated carbocycles. The summed E-state index contributed by atoms with van der Waals surface area (Å²) < 4.78 is 26.0. The van der Waals surface area contributed by atoms with E-state index in [2.05, 4.69) is 20.8 Å². The van der Waals surface area contributed by atoms with Crippen LogP contribution in [0.25, 0.3) is 0 Å². The van der Waals surface area contributed by atoms with E-state index < -0.39 is 15.9 Å². The summed E-state index contributed by atoms with van der Waals surface area (Å²) in [7, 11) is -2.45. The first-order chi connectivity index (χ1) is 11.2. The summed E-state index contributed by atoms with van der Waals surface area (Å²) in [6.45, 7) is 3.23. The van der Waals surface area contributed by atoms with Crippen molar-refractivity contribution in [3.05, 3.63) is 33.9 Å². The van der Waals surface area contributed by atoms with Gasteiger partial charge in [-0.2, -0.15) is 4.31 Å². The topological polar surface area (TPSA) is 104 Å². The van der Waals surface area contributed by atoms with Crippen LogP contribution >= 0.6 is 22.9 Å². The van der Waals surface area contributed by atoms with E-state index in [0.717, 1.165) is 27.0 Å². The minimum atomic E-state index is -3.76. The molecule has 0 aliphatic heterocycles. The molecule has 0 fully saturated rings. The Bertz CT molecular complexity index is 833. The number of anilines is 1. The van der Waals surface area contributed by atoms with Crippen LogP contribution in [0.4, 0.5) is 5.95 Å². The average molecular weight is 390 g/mol. The molecule has 2 rings (SSSR count). The number of nitrogens with one attached hydrogen (secondary N) is 2. The number of carbonyl (C=O) groups is 1. The first kappa shape index (κ1) is 18.6. The third-order valence-corrected chi connectivity index (χ3v) is 6.38. The molecule has 0 saturated heterocycles. The highest BCUT2D eigenvalue weighted by Gasteiger charge is 2.24. The molecule has 0 aliphatic carbocycles. The van der Waals surface area contributed by atoms with Crippen LogP contribution in [-0.2, 0) is 14.8 Å². The van der Waals surface area contributed by atoms with Gasteiger partial charge >= 0.3 is 0 Å². The van der Waals surface area contributed by atoms with Crippen LogP contribution in [0.1, 0.15) is 11.4 Å². The maximum absolute atomic E-state index is 12.3. The van der Waals surface area contributed by atoms with Gasteiger partial charge in [-0.15, -0.1) is 11.3 Å². The molecule has 0 spiro atoms. The second-order valence-corrected chi connectivity index (χ2v) is 8.95. The molecule has 2 heterocycles. The van der Waals surface area contributed by atoms with E-state index in [4.69, 9.17) is 11.6 Å². The number of nitrogens with zero attached hydrogens (tertiary/aromatic N) is 3. The minimum absolute atomic E-state index is 0.0772. The average Bonchev–Trinajstić information content (AvgIpc) is 2.91. The highest BCUT2D eigenvalue weighted by atomic mass is 35.5. The van der Waals surface area contributed by atoms with Gasteiger partial charge in [0.15, 0.2) is 0 Å². The Balaban J connectivity index is 1.96. The van der Waals surface area contributed by atoms with Crippen molar-refractivity contribution in [2.24, 2.45) is 0 Å². The lowest BCUT2D eigenvalue weighted by molar-refractivity contribution is -0.120. The van der Waals surface area contributed by atoms with E-state index in [9.17, 15) is 13.2 Å². The quantitative estimate of drug-likeness (QED) is 0.727. The van der Waals surface area contributed by atoms with Crippen LogP contribution < -0.4 is 10.9 Å². The molecule has 24 heavy (non-hydrogen) atoms. The SMILES string of the molecule is Cc1cc(C)nc(NNC(=O)CN(C)S(=O)(=O)c2ccc(Cl)s2)n1. The number of hydrogen-bond donors (Lipinski definition) is 2. The first-order valence-electron chi connectivity index (χ1n) is 6.77. The third kappa shape index (κ3) is 4.63. The summed E-state index contributed by atoms with van der Waals surface area (Å²) in [5.41, 5.74) is 6.42. The fraction of sp³-hybridized carbons (Fsp3) is 0.308. The van der Waals surface area contributed by atoms with Gasteiger partial charge in [-0.05, 0) is 32.0 Å². The summed E-state index contributed by atoms with van der Waals surface area (Å²) >= 11 is 6.68. The van der Waals surface area contributed by atoms with Crippen molar-refractivity contribution in [2.75, 3.05) is 19.0 Å². The van der Waals surface area contributed by atoms with Crippen LogP contribution in [0, 0.1) is 13.8 Å². The molecule has 0 unspecified atom stereocenters. The van der Waals surface area contributed by atoms with Gasteiger partial charge in [0, 0.05) is 18.4 Å². The van der Waals surface area contributed by atoms with Crippen LogP contribution in [0.2, 0.25) is 4.34 Å². The fourth-order valence-corrected chi connectivity index (χ4v) is 4.64. The number of hydrogen-bond acceptors (Lipinski definition) is 7. The Morgan fingerprint density at radius 2 is 1.92 bits per heavy atom. The van der Waals surface area contributed by atoms with Gasteiger partial charge in [0.1, 0.15) is 4.21 Å². The lowest BCUT2D eigenvalue weighted by atomic mass is 10.4. The summed E-state index contributed by atoms with van der Waals surface area (Å²) in [4.78, 5) is 20.1. The number of likely N-dealkylation sites (N-methyl/N-ethyl adjacent to an activating group) is 1. The van der Waals surface area contributed by atoms with E-state index in [1.54, 1.807) is 19.9 Å². The van der Waals surface area contributed by atoms with Crippen molar-refractivity contribution in [1.82, 2.24) is 19.7 Å². The van der Waals surface area contributed by atoms with Gasteiger partial charge in [0.25, 0.3) is 15.9 Å². The Kier molecular flexibility index (Phi) is 5.75. The molecule has 130 valence electrons. The molecule has 2 aromatic rings. The predicted octanol–water partition coefficient (Wildman–Crippen LogP) is 1.57. The molecule has 0 aromatic carbocycles. The number of thiophene rings is 1.